The Balaban J connectivity index is 1.54. The van der Waals surface area contributed by atoms with E-state index in [4.69, 9.17) is 4.74 Å². The standard InChI is InChI=1S/C32H52O3/c1-19(2)21-12-14-29(6)16-17-31(8)22(26(21)29)10-11-24-30(7)15-13-25(35-20(3)33)28(4,5)27(30)23(34)18-32(24,31)9/h21-27,34H,1,10-18H2,2-9H3/t21-,22+,23-,24+,25-,26+,27-,29+,30+,31+,32+/m0/s1. The van der Waals surface area contributed by atoms with Crippen molar-refractivity contribution < 1.29 is 14.6 Å². The third-order valence-electron chi connectivity index (χ3n) is 13.6. The molecule has 11 atom stereocenters. The molecule has 3 heteroatoms. The van der Waals surface area contributed by atoms with Crippen LogP contribution in [0, 0.1) is 56.7 Å². The molecule has 0 aromatic rings. The first-order valence-electron chi connectivity index (χ1n) is 14.6. The molecule has 0 saturated heterocycles. The van der Waals surface area contributed by atoms with Crippen molar-refractivity contribution in [1.29, 1.82) is 0 Å². The summed E-state index contributed by atoms with van der Waals surface area (Å²) in [5.41, 5.74) is 2.10. The van der Waals surface area contributed by atoms with Crippen LogP contribution in [0.2, 0.25) is 0 Å². The second-order valence-electron chi connectivity index (χ2n) is 15.5. The van der Waals surface area contributed by atoms with Crippen molar-refractivity contribution in [2.24, 2.45) is 56.7 Å². The highest BCUT2D eigenvalue weighted by Gasteiger charge is 2.72. The molecule has 0 aromatic heterocycles. The summed E-state index contributed by atoms with van der Waals surface area (Å²) in [5.74, 6) is 2.72. The molecule has 5 aliphatic carbocycles. The fourth-order valence-corrected chi connectivity index (χ4v) is 12.1. The van der Waals surface area contributed by atoms with Crippen molar-refractivity contribution in [1.82, 2.24) is 0 Å². The zero-order chi connectivity index (χ0) is 25.8. The Kier molecular flexibility index (Phi) is 5.78. The number of aliphatic hydroxyl groups excluding tert-OH is 1. The predicted octanol–water partition coefficient (Wildman–Crippen LogP) is 7.57. The molecule has 198 valence electrons. The molecule has 0 heterocycles. The van der Waals surface area contributed by atoms with Crippen LogP contribution < -0.4 is 0 Å². The van der Waals surface area contributed by atoms with Gasteiger partial charge in [-0.15, -0.1) is 0 Å². The van der Waals surface area contributed by atoms with Crippen molar-refractivity contribution in [3.63, 3.8) is 0 Å². The van der Waals surface area contributed by atoms with Crippen LogP contribution in [0.5, 0.6) is 0 Å². The van der Waals surface area contributed by atoms with E-state index in [-0.39, 0.29) is 45.8 Å². The smallest absolute Gasteiger partial charge is 0.302 e. The molecule has 35 heavy (non-hydrogen) atoms. The van der Waals surface area contributed by atoms with Gasteiger partial charge in [0.05, 0.1) is 6.10 Å². The lowest BCUT2D eigenvalue weighted by Crippen LogP contribution is -2.69. The molecule has 5 saturated carbocycles. The number of carbonyl (C=O) groups is 1. The van der Waals surface area contributed by atoms with E-state index >= 15 is 0 Å². The summed E-state index contributed by atoms with van der Waals surface area (Å²) in [5, 5.41) is 12.0. The number of fused-ring (bicyclic) bond motifs is 7. The van der Waals surface area contributed by atoms with Gasteiger partial charge in [0.1, 0.15) is 6.10 Å². The number of rotatable bonds is 2. The highest BCUT2D eigenvalue weighted by atomic mass is 16.5. The number of ether oxygens (including phenoxy) is 1. The summed E-state index contributed by atoms with van der Waals surface area (Å²) in [6.45, 7) is 23.1. The summed E-state index contributed by atoms with van der Waals surface area (Å²) in [7, 11) is 0. The Morgan fingerprint density at radius 2 is 1.57 bits per heavy atom. The van der Waals surface area contributed by atoms with Crippen LogP contribution in [0.15, 0.2) is 12.2 Å². The van der Waals surface area contributed by atoms with E-state index in [1.807, 2.05) is 0 Å². The number of carbonyl (C=O) groups excluding carboxylic acids is 1. The van der Waals surface area contributed by atoms with Crippen molar-refractivity contribution in [2.45, 2.75) is 125 Å². The van der Waals surface area contributed by atoms with Crippen molar-refractivity contribution in [2.75, 3.05) is 0 Å². The van der Waals surface area contributed by atoms with Crippen molar-refractivity contribution in [3.8, 4) is 0 Å². The lowest BCUT2D eigenvalue weighted by atomic mass is 9.32. The number of hydrogen-bond donors (Lipinski definition) is 1. The molecule has 0 amide bonds. The monoisotopic (exact) mass is 484 g/mol. The molecule has 0 bridgehead atoms. The molecule has 5 rings (SSSR count). The second kappa shape index (κ2) is 7.84. The van der Waals surface area contributed by atoms with E-state index in [9.17, 15) is 9.90 Å². The molecule has 0 spiro atoms. The minimum Gasteiger partial charge on any atom is -0.462 e. The van der Waals surface area contributed by atoms with Gasteiger partial charge in [-0.25, -0.2) is 0 Å². The van der Waals surface area contributed by atoms with E-state index < -0.39 is 0 Å². The predicted molar refractivity (Wildman–Crippen MR) is 142 cm³/mol. The third-order valence-corrected chi connectivity index (χ3v) is 13.6. The number of aliphatic hydroxyl groups is 1. The van der Waals surface area contributed by atoms with Crippen LogP contribution in [0.3, 0.4) is 0 Å². The molecule has 3 nitrogen and oxygen atoms in total. The van der Waals surface area contributed by atoms with Crippen molar-refractivity contribution >= 4 is 5.97 Å². The van der Waals surface area contributed by atoms with Gasteiger partial charge in [-0.2, -0.15) is 0 Å². The Hall–Kier alpha value is -0.830. The number of hydrogen-bond acceptors (Lipinski definition) is 3. The topological polar surface area (TPSA) is 46.5 Å². The average Bonchev–Trinajstić information content (AvgIpc) is 3.08. The zero-order valence-corrected chi connectivity index (χ0v) is 23.9. The van der Waals surface area contributed by atoms with Crippen molar-refractivity contribution in [3.05, 3.63) is 12.2 Å². The maximum atomic E-state index is 12.0. The molecular weight excluding hydrogens is 432 g/mol. The van der Waals surface area contributed by atoms with Gasteiger partial charge in [-0.1, -0.05) is 53.7 Å². The Morgan fingerprint density at radius 3 is 2.20 bits per heavy atom. The summed E-state index contributed by atoms with van der Waals surface area (Å²) in [6.07, 6.45) is 10.3. The molecule has 0 unspecified atom stereocenters. The van der Waals surface area contributed by atoms with Crippen LogP contribution in [0.4, 0.5) is 0 Å². The van der Waals surface area contributed by atoms with Gasteiger partial charge in [0, 0.05) is 12.3 Å². The third kappa shape index (κ3) is 3.28. The quantitative estimate of drug-likeness (QED) is 0.325. The molecule has 0 radical (unpaired) electrons. The second-order valence-corrected chi connectivity index (χ2v) is 15.5. The van der Waals surface area contributed by atoms with Gasteiger partial charge in [0.2, 0.25) is 0 Å². The molecular formula is C32H52O3. The minimum atomic E-state index is -0.348. The summed E-state index contributed by atoms with van der Waals surface area (Å²) in [4.78, 5) is 11.9. The largest absolute Gasteiger partial charge is 0.462 e. The average molecular weight is 485 g/mol. The molecule has 1 N–H and O–H groups in total. The first kappa shape index (κ1) is 25.8. The zero-order valence-electron chi connectivity index (χ0n) is 23.9. The van der Waals surface area contributed by atoms with Gasteiger partial charge in [0.15, 0.2) is 0 Å². The van der Waals surface area contributed by atoms with E-state index in [1.54, 1.807) is 0 Å². The van der Waals surface area contributed by atoms with E-state index in [2.05, 4.69) is 55.0 Å². The normalized spacial score (nSPS) is 54.6. The van der Waals surface area contributed by atoms with E-state index in [0.29, 0.717) is 17.3 Å². The summed E-state index contributed by atoms with van der Waals surface area (Å²) < 4.78 is 5.85. The van der Waals surface area contributed by atoms with Crippen LogP contribution in [0.1, 0.15) is 113 Å². The Labute approximate surface area is 214 Å². The fourth-order valence-electron chi connectivity index (χ4n) is 12.1. The molecule has 0 aliphatic heterocycles. The Morgan fingerprint density at radius 1 is 0.886 bits per heavy atom. The van der Waals surface area contributed by atoms with Crippen LogP contribution in [0.25, 0.3) is 0 Å². The van der Waals surface area contributed by atoms with Gasteiger partial charge in [-0.3, -0.25) is 4.79 Å². The van der Waals surface area contributed by atoms with Crippen LogP contribution >= 0.6 is 0 Å². The van der Waals surface area contributed by atoms with Gasteiger partial charge >= 0.3 is 5.97 Å². The maximum Gasteiger partial charge on any atom is 0.302 e. The maximum absolute atomic E-state index is 12.0. The SMILES string of the molecule is C=C(C)[C@@H]1CC[C@]2(C)CC[C@]3(C)[C@H](CC[C@@H]4[C@@]5(C)CC[C@H](OC(C)=O)C(C)(C)[C@@H]5[C@@H](O)C[C@]43C)[C@@H]12. The van der Waals surface area contributed by atoms with Gasteiger partial charge in [0.25, 0.3) is 0 Å². The van der Waals surface area contributed by atoms with E-state index in [1.165, 1.54) is 51.0 Å². The number of esters is 1. The first-order valence-corrected chi connectivity index (χ1v) is 14.6. The Bertz CT molecular complexity index is 906. The molecule has 5 aliphatic rings. The summed E-state index contributed by atoms with van der Waals surface area (Å²) in [6, 6.07) is 0. The minimum absolute atomic E-state index is 0.0741. The first-order chi connectivity index (χ1) is 16.1. The highest BCUT2D eigenvalue weighted by Crippen LogP contribution is 2.77. The van der Waals surface area contributed by atoms with E-state index in [0.717, 1.165) is 31.1 Å². The number of allylic oxidation sites excluding steroid dienone is 1. The molecule has 5 fully saturated rings. The van der Waals surface area contributed by atoms with Gasteiger partial charge < -0.3 is 9.84 Å². The fraction of sp³-hybridized carbons (Fsp3) is 0.906. The molecule has 0 aromatic carbocycles. The highest BCUT2D eigenvalue weighted by molar-refractivity contribution is 5.66. The summed E-state index contributed by atoms with van der Waals surface area (Å²) >= 11 is 0. The van der Waals surface area contributed by atoms with Crippen LogP contribution in [-0.4, -0.2) is 23.3 Å². The lowest BCUT2D eigenvalue weighted by molar-refractivity contribution is -0.276. The van der Waals surface area contributed by atoms with Gasteiger partial charge in [-0.05, 0) is 116 Å². The van der Waals surface area contributed by atoms with Crippen LogP contribution in [-0.2, 0) is 9.53 Å². The lowest BCUT2D eigenvalue weighted by Gasteiger charge is -2.73.